The topological polar surface area (TPSA) is 53.6 Å². The zero-order valence-corrected chi connectivity index (χ0v) is 10.6. The molecule has 1 unspecified atom stereocenters. The van der Waals surface area contributed by atoms with Gasteiger partial charge in [-0.3, -0.25) is 5.10 Å². The second-order valence-electron chi connectivity index (χ2n) is 4.90. The van der Waals surface area contributed by atoms with Crippen LogP contribution in [0.15, 0.2) is 24.3 Å². The molecule has 0 bridgehead atoms. The van der Waals surface area contributed by atoms with Crippen molar-refractivity contribution in [3.8, 4) is 11.4 Å². The standard InChI is InChI=1S/C14H18N4/c1-10-5-2-3-7-12(10)14-16-13(17-18-14)11-6-4-8-15-9-11/h2-3,5,7,11,15H,4,6,8-9H2,1H3,(H,16,17,18). The van der Waals surface area contributed by atoms with Gasteiger partial charge in [0.1, 0.15) is 5.82 Å². The van der Waals surface area contributed by atoms with Gasteiger partial charge < -0.3 is 5.32 Å². The van der Waals surface area contributed by atoms with Gasteiger partial charge in [0, 0.05) is 18.0 Å². The highest BCUT2D eigenvalue weighted by molar-refractivity contribution is 5.59. The predicted octanol–water partition coefficient (Wildman–Crippen LogP) is 2.25. The van der Waals surface area contributed by atoms with Crippen molar-refractivity contribution < 1.29 is 0 Å². The predicted molar refractivity (Wildman–Crippen MR) is 71.4 cm³/mol. The molecule has 1 aromatic heterocycles. The first kappa shape index (κ1) is 11.4. The van der Waals surface area contributed by atoms with Crippen LogP contribution in [0.25, 0.3) is 11.4 Å². The Hall–Kier alpha value is -1.68. The fraction of sp³-hybridized carbons (Fsp3) is 0.429. The molecule has 1 aromatic carbocycles. The monoisotopic (exact) mass is 242 g/mol. The van der Waals surface area contributed by atoms with E-state index in [0.717, 1.165) is 30.3 Å². The summed E-state index contributed by atoms with van der Waals surface area (Å²) in [6, 6.07) is 8.23. The minimum Gasteiger partial charge on any atom is -0.316 e. The molecule has 2 heterocycles. The highest BCUT2D eigenvalue weighted by atomic mass is 15.2. The average Bonchev–Trinajstić information content (AvgIpc) is 2.90. The molecule has 0 aliphatic carbocycles. The summed E-state index contributed by atoms with van der Waals surface area (Å²) in [5.41, 5.74) is 2.33. The van der Waals surface area contributed by atoms with Gasteiger partial charge in [-0.1, -0.05) is 24.3 Å². The molecular formula is C14H18N4. The first-order chi connectivity index (χ1) is 8.84. The second kappa shape index (κ2) is 4.90. The van der Waals surface area contributed by atoms with Crippen LogP contribution in [-0.4, -0.2) is 28.3 Å². The van der Waals surface area contributed by atoms with Crippen LogP contribution in [-0.2, 0) is 0 Å². The Morgan fingerprint density at radius 1 is 1.28 bits per heavy atom. The van der Waals surface area contributed by atoms with E-state index in [0.29, 0.717) is 5.92 Å². The summed E-state index contributed by atoms with van der Waals surface area (Å²) in [5.74, 6) is 2.30. The van der Waals surface area contributed by atoms with Crippen molar-refractivity contribution in [3.05, 3.63) is 35.7 Å². The molecule has 1 aliphatic rings. The third kappa shape index (κ3) is 2.16. The van der Waals surface area contributed by atoms with Crippen LogP contribution in [0.1, 0.15) is 30.1 Å². The molecule has 1 saturated heterocycles. The number of hydrogen-bond donors (Lipinski definition) is 2. The first-order valence-electron chi connectivity index (χ1n) is 6.53. The highest BCUT2D eigenvalue weighted by Gasteiger charge is 2.19. The van der Waals surface area contributed by atoms with Gasteiger partial charge in [0.15, 0.2) is 5.82 Å². The number of aromatic amines is 1. The fourth-order valence-electron chi connectivity index (χ4n) is 2.49. The Balaban J connectivity index is 1.87. The van der Waals surface area contributed by atoms with Gasteiger partial charge in [0.25, 0.3) is 0 Å². The molecule has 3 rings (SSSR count). The maximum Gasteiger partial charge on any atom is 0.181 e. The Bertz CT molecular complexity index is 526. The number of nitrogens with zero attached hydrogens (tertiary/aromatic N) is 2. The maximum absolute atomic E-state index is 4.66. The zero-order chi connectivity index (χ0) is 12.4. The Labute approximate surface area is 107 Å². The Kier molecular flexibility index (Phi) is 3.11. The van der Waals surface area contributed by atoms with Crippen LogP contribution in [0.3, 0.4) is 0 Å². The number of aryl methyl sites for hydroxylation is 1. The van der Waals surface area contributed by atoms with Crippen molar-refractivity contribution in [3.63, 3.8) is 0 Å². The summed E-state index contributed by atoms with van der Waals surface area (Å²) >= 11 is 0. The number of rotatable bonds is 2. The van der Waals surface area contributed by atoms with Crippen molar-refractivity contribution >= 4 is 0 Å². The van der Waals surface area contributed by atoms with Crippen molar-refractivity contribution in [1.29, 1.82) is 0 Å². The Morgan fingerprint density at radius 3 is 2.94 bits per heavy atom. The molecule has 0 radical (unpaired) electrons. The largest absolute Gasteiger partial charge is 0.316 e. The van der Waals surface area contributed by atoms with E-state index < -0.39 is 0 Å². The SMILES string of the molecule is Cc1ccccc1-c1n[nH]c(C2CCCNC2)n1. The lowest BCUT2D eigenvalue weighted by atomic mass is 9.99. The third-order valence-electron chi connectivity index (χ3n) is 3.57. The van der Waals surface area contributed by atoms with E-state index in [-0.39, 0.29) is 0 Å². The van der Waals surface area contributed by atoms with E-state index >= 15 is 0 Å². The van der Waals surface area contributed by atoms with E-state index in [1.807, 2.05) is 12.1 Å². The minimum atomic E-state index is 0.476. The average molecular weight is 242 g/mol. The van der Waals surface area contributed by atoms with E-state index in [1.165, 1.54) is 18.4 Å². The number of H-pyrrole nitrogens is 1. The van der Waals surface area contributed by atoms with Gasteiger partial charge in [0.2, 0.25) is 0 Å². The molecule has 2 aromatic rings. The number of aromatic nitrogens is 3. The van der Waals surface area contributed by atoms with Crippen LogP contribution in [0.5, 0.6) is 0 Å². The van der Waals surface area contributed by atoms with Gasteiger partial charge in [-0.25, -0.2) is 4.98 Å². The summed E-state index contributed by atoms with van der Waals surface area (Å²) in [4.78, 5) is 4.66. The van der Waals surface area contributed by atoms with Crippen LogP contribution in [0, 0.1) is 6.92 Å². The smallest absolute Gasteiger partial charge is 0.181 e. The minimum absolute atomic E-state index is 0.476. The lowest BCUT2D eigenvalue weighted by molar-refractivity contribution is 0.447. The molecule has 18 heavy (non-hydrogen) atoms. The van der Waals surface area contributed by atoms with Crippen LogP contribution in [0.2, 0.25) is 0 Å². The van der Waals surface area contributed by atoms with Gasteiger partial charge in [0.05, 0.1) is 0 Å². The van der Waals surface area contributed by atoms with Crippen molar-refractivity contribution in [2.45, 2.75) is 25.7 Å². The number of hydrogen-bond acceptors (Lipinski definition) is 3. The van der Waals surface area contributed by atoms with Gasteiger partial charge >= 0.3 is 0 Å². The second-order valence-corrected chi connectivity index (χ2v) is 4.90. The number of piperidine rings is 1. The maximum atomic E-state index is 4.66. The van der Waals surface area contributed by atoms with E-state index in [2.05, 4.69) is 39.6 Å². The van der Waals surface area contributed by atoms with Gasteiger partial charge in [-0.15, -0.1) is 0 Å². The highest BCUT2D eigenvalue weighted by Crippen LogP contribution is 2.24. The molecule has 2 N–H and O–H groups in total. The quantitative estimate of drug-likeness (QED) is 0.849. The van der Waals surface area contributed by atoms with Crippen LogP contribution >= 0.6 is 0 Å². The summed E-state index contributed by atoms with van der Waals surface area (Å²) in [6.45, 7) is 4.21. The van der Waals surface area contributed by atoms with Crippen LogP contribution in [0.4, 0.5) is 0 Å². The molecule has 1 fully saturated rings. The third-order valence-corrected chi connectivity index (χ3v) is 3.57. The molecular weight excluding hydrogens is 224 g/mol. The molecule has 0 saturated carbocycles. The van der Waals surface area contributed by atoms with Gasteiger partial charge in [-0.2, -0.15) is 5.10 Å². The molecule has 0 spiro atoms. The molecule has 1 atom stereocenters. The molecule has 4 heteroatoms. The number of benzene rings is 1. The summed E-state index contributed by atoms with van der Waals surface area (Å²) in [6.07, 6.45) is 2.40. The van der Waals surface area contributed by atoms with Crippen molar-refractivity contribution in [2.75, 3.05) is 13.1 Å². The fourth-order valence-corrected chi connectivity index (χ4v) is 2.49. The summed E-state index contributed by atoms with van der Waals surface area (Å²) < 4.78 is 0. The van der Waals surface area contributed by atoms with E-state index in [1.54, 1.807) is 0 Å². The lowest BCUT2D eigenvalue weighted by Gasteiger charge is -2.20. The Morgan fingerprint density at radius 2 is 2.17 bits per heavy atom. The molecule has 0 amide bonds. The lowest BCUT2D eigenvalue weighted by Crippen LogP contribution is -2.28. The zero-order valence-electron chi connectivity index (χ0n) is 10.6. The normalized spacial score (nSPS) is 19.9. The van der Waals surface area contributed by atoms with E-state index in [4.69, 9.17) is 0 Å². The molecule has 94 valence electrons. The summed E-state index contributed by atoms with van der Waals surface area (Å²) in [7, 11) is 0. The molecule has 4 nitrogen and oxygen atoms in total. The summed E-state index contributed by atoms with van der Waals surface area (Å²) in [5, 5.41) is 10.9. The first-order valence-corrected chi connectivity index (χ1v) is 6.53. The van der Waals surface area contributed by atoms with Crippen LogP contribution < -0.4 is 5.32 Å². The van der Waals surface area contributed by atoms with E-state index in [9.17, 15) is 0 Å². The van der Waals surface area contributed by atoms with Crippen molar-refractivity contribution in [2.24, 2.45) is 0 Å². The molecule has 1 aliphatic heterocycles. The van der Waals surface area contributed by atoms with Crippen molar-refractivity contribution in [1.82, 2.24) is 20.5 Å². The number of nitrogens with one attached hydrogen (secondary N) is 2. The van der Waals surface area contributed by atoms with Gasteiger partial charge in [-0.05, 0) is 31.9 Å².